The van der Waals surface area contributed by atoms with Crippen LogP contribution in [-0.2, 0) is 27.2 Å². The van der Waals surface area contributed by atoms with Crippen LogP contribution in [0.25, 0.3) is 10.2 Å². The topological polar surface area (TPSA) is 53.5 Å². The van der Waals surface area contributed by atoms with Gasteiger partial charge in [-0.3, -0.25) is 0 Å². The lowest BCUT2D eigenvalue weighted by Crippen LogP contribution is -2.33. The zero-order chi connectivity index (χ0) is 19.4. The van der Waals surface area contributed by atoms with Crippen molar-refractivity contribution >= 4 is 45.1 Å². The maximum Gasteiger partial charge on any atom is 0.189 e. The van der Waals surface area contributed by atoms with E-state index in [0.29, 0.717) is 25.6 Å². The van der Waals surface area contributed by atoms with Crippen molar-refractivity contribution < 1.29 is 14.2 Å². The first-order chi connectivity index (χ1) is 13.0. The highest BCUT2D eigenvalue weighted by atomic mass is 32.2. The molecule has 0 saturated carbocycles. The fourth-order valence-electron chi connectivity index (χ4n) is 3.11. The van der Waals surface area contributed by atoms with Crippen LogP contribution >= 0.6 is 34.9 Å². The summed E-state index contributed by atoms with van der Waals surface area (Å²) in [5, 5.41) is 3.05. The summed E-state index contributed by atoms with van der Waals surface area (Å²) in [6.45, 7) is 10.3. The van der Waals surface area contributed by atoms with E-state index < -0.39 is 0 Å². The third-order valence-corrected chi connectivity index (χ3v) is 7.43. The van der Waals surface area contributed by atoms with E-state index in [4.69, 9.17) is 24.2 Å². The van der Waals surface area contributed by atoms with Gasteiger partial charge in [-0.1, -0.05) is 18.7 Å². The van der Waals surface area contributed by atoms with Crippen molar-refractivity contribution in [2.24, 2.45) is 0 Å². The lowest BCUT2D eigenvalue weighted by molar-refractivity contribution is -0.120. The molecule has 1 unspecified atom stereocenters. The van der Waals surface area contributed by atoms with Crippen molar-refractivity contribution in [2.75, 3.05) is 25.2 Å². The summed E-state index contributed by atoms with van der Waals surface area (Å²) in [4.78, 5) is 12.0. The number of thiophene rings is 1. The van der Waals surface area contributed by atoms with Crippen molar-refractivity contribution in [1.29, 1.82) is 0 Å². The smallest absolute Gasteiger partial charge is 0.189 e. The Bertz CT molecular complexity index is 777. The molecule has 150 valence electrons. The first kappa shape index (κ1) is 21.3. The Balaban J connectivity index is 1.96. The second kappa shape index (κ2) is 9.41. The Morgan fingerprint density at radius 3 is 2.59 bits per heavy atom. The van der Waals surface area contributed by atoms with Gasteiger partial charge >= 0.3 is 0 Å². The van der Waals surface area contributed by atoms with Gasteiger partial charge < -0.3 is 14.2 Å². The van der Waals surface area contributed by atoms with Gasteiger partial charge in [-0.15, -0.1) is 23.1 Å². The maximum atomic E-state index is 6.14. The van der Waals surface area contributed by atoms with Crippen LogP contribution in [0.15, 0.2) is 10.2 Å². The van der Waals surface area contributed by atoms with Gasteiger partial charge in [-0.05, 0) is 39.0 Å². The van der Waals surface area contributed by atoms with Crippen LogP contribution in [0, 0.1) is 0 Å². The van der Waals surface area contributed by atoms with E-state index in [-0.39, 0.29) is 11.9 Å². The van der Waals surface area contributed by atoms with Crippen molar-refractivity contribution in [3.63, 3.8) is 0 Å². The highest BCUT2D eigenvalue weighted by molar-refractivity contribution is 7.99. The van der Waals surface area contributed by atoms with Crippen molar-refractivity contribution in [1.82, 2.24) is 9.97 Å². The van der Waals surface area contributed by atoms with E-state index in [2.05, 4.69) is 13.8 Å². The number of hydrogen-bond acceptors (Lipinski definition) is 8. The number of rotatable bonds is 9. The van der Waals surface area contributed by atoms with E-state index in [1.165, 1.54) is 15.8 Å². The van der Waals surface area contributed by atoms with Gasteiger partial charge in [0.1, 0.15) is 9.86 Å². The van der Waals surface area contributed by atoms with Crippen LogP contribution in [0.1, 0.15) is 44.6 Å². The molecule has 0 aliphatic carbocycles. The predicted molar refractivity (Wildman–Crippen MR) is 114 cm³/mol. The van der Waals surface area contributed by atoms with E-state index >= 15 is 0 Å². The number of nitrogens with zero attached hydrogens (tertiary/aromatic N) is 2. The summed E-state index contributed by atoms with van der Waals surface area (Å²) >= 11 is 5.03. The average Bonchev–Trinajstić information content (AvgIpc) is 3.03. The largest absolute Gasteiger partial charge is 0.369 e. The molecule has 0 saturated heterocycles. The minimum atomic E-state index is -0.216. The molecule has 3 heterocycles. The van der Waals surface area contributed by atoms with Crippen LogP contribution in [-0.4, -0.2) is 47.1 Å². The van der Waals surface area contributed by atoms with Crippen LogP contribution in [0.2, 0.25) is 0 Å². The van der Waals surface area contributed by atoms with E-state index in [1.54, 1.807) is 34.9 Å². The number of thioether (sulfide) groups is 2. The molecular formula is C19H28N2O3S3. The lowest BCUT2D eigenvalue weighted by Gasteiger charge is -2.33. The summed E-state index contributed by atoms with van der Waals surface area (Å²) in [5.41, 5.74) is 1.26. The molecular weight excluding hydrogens is 400 g/mol. The molecule has 27 heavy (non-hydrogen) atoms. The molecule has 2 aromatic heterocycles. The minimum absolute atomic E-state index is 0.111. The highest BCUT2D eigenvalue weighted by Gasteiger charge is 2.33. The van der Waals surface area contributed by atoms with Crippen LogP contribution < -0.4 is 0 Å². The standard InChI is InChI=1S/C19H28N2O3S3/c1-6-19(4)9-12-13(10-24-19)27-17-15(12)16(20-18(21-17)25-5)26-11-14(22-7-2)23-8-3/h14H,6-11H2,1-5H3. The molecule has 1 atom stereocenters. The maximum absolute atomic E-state index is 6.14. The van der Waals surface area contributed by atoms with Gasteiger partial charge in [0.25, 0.3) is 0 Å². The fourth-order valence-corrected chi connectivity index (χ4v) is 5.76. The van der Waals surface area contributed by atoms with Crippen molar-refractivity contribution in [3.8, 4) is 0 Å². The van der Waals surface area contributed by atoms with Crippen molar-refractivity contribution in [2.45, 2.75) is 69.2 Å². The summed E-state index contributed by atoms with van der Waals surface area (Å²) in [6, 6.07) is 0. The number of hydrogen-bond donors (Lipinski definition) is 0. The van der Waals surface area contributed by atoms with Gasteiger partial charge in [0, 0.05) is 29.9 Å². The van der Waals surface area contributed by atoms with E-state index in [1.807, 2.05) is 20.1 Å². The molecule has 0 fully saturated rings. The Kier molecular flexibility index (Phi) is 7.44. The van der Waals surface area contributed by atoms with Crippen molar-refractivity contribution in [3.05, 3.63) is 10.4 Å². The molecule has 0 bridgehead atoms. The summed E-state index contributed by atoms with van der Waals surface area (Å²) in [6.07, 6.45) is 3.71. The molecule has 1 aliphatic heterocycles. The van der Waals surface area contributed by atoms with Gasteiger partial charge in [0.05, 0.1) is 18.0 Å². The quantitative estimate of drug-likeness (QED) is 0.237. The Labute approximate surface area is 174 Å². The molecule has 2 aromatic rings. The minimum Gasteiger partial charge on any atom is -0.369 e. The molecule has 5 nitrogen and oxygen atoms in total. The SMILES string of the molecule is CCOC(CSc1nc(SC)nc2sc3c(c12)CC(C)(CC)OC3)OCC. The molecule has 0 aromatic carbocycles. The zero-order valence-corrected chi connectivity index (χ0v) is 19.1. The molecule has 1 aliphatic rings. The zero-order valence-electron chi connectivity index (χ0n) is 16.7. The molecule has 0 radical (unpaired) electrons. The third-order valence-electron chi connectivity index (χ3n) is 4.77. The molecule has 0 amide bonds. The summed E-state index contributed by atoms with van der Waals surface area (Å²) in [5.74, 6) is 0.716. The van der Waals surface area contributed by atoms with E-state index in [0.717, 1.165) is 27.9 Å². The molecule has 0 spiro atoms. The average molecular weight is 429 g/mol. The van der Waals surface area contributed by atoms with Gasteiger partial charge in [-0.25, -0.2) is 9.97 Å². The Hall–Kier alpha value is -0.380. The third kappa shape index (κ3) is 4.79. The highest BCUT2D eigenvalue weighted by Crippen LogP contribution is 2.43. The fraction of sp³-hybridized carbons (Fsp3) is 0.684. The number of ether oxygens (including phenoxy) is 3. The van der Waals surface area contributed by atoms with E-state index in [9.17, 15) is 0 Å². The van der Waals surface area contributed by atoms with Gasteiger partial charge in [0.15, 0.2) is 11.4 Å². The Morgan fingerprint density at radius 1 is 1.22 bits per heavy atom. The molecule has 0 N–H and O–H groups in total. The van der Waals surface area contributed by atoms with Crippen LogP contribution in [0.3, 0.4) is 0 Å². The predicted octanol–water partition coefficient (Wildman–Crippen LogP) is 5.15. The summed E-state index contributed by atoms with van der Waals surface area (Å²) in [7, 11) is 0. The first-order valence-electron chi connectivity index (χ1n) is 9.39. The lowest BCUT2D eigenvalue weighted by atomic mass is 9.90. The molecule has 3 rings (SSSR count). The number of fused-ring (bicyclic) bond motifs is 3. The Morgan fingerprint density at radius 2 is 1.96 bits per heavy atom. The number of aromatic nitrogens is 2. The summed E-state index contributed by atoms with van der Waals surface area (Å²) < 4.78 is 17.6. The normalized spacial score (nSPS) is 19.8. The van der Waals surface area contributed by atoms with Crippen LogP contribution in [0.4, 0.5) is 0 Å². The second-order valence-corrected chi connectivity index (χ2v) is 9.49. The molecule has 8 heteroatoms. The van der Waals surface area contributed by atoms with Gasteiger partial charge in [0.2, 0.25) is 0 Å². The van der Waals surface area contributed by atoms with Crippen LogP contribution in [0.5, 0.6) is 0 Å². The second-order valence-electron chi connectivity index (χ2n) is 6.62. The monoisotopic (exact) mass is 428 g/mol. The first-order valence-corrected chi connectivity index (χ1v) is 12.4. The van der Waals surface area contributed by atoms with Gasteiger partial charge in [-0.2, -0.15) is 0 Å².